The van der Waals surface area contributed by atoms with Crippen molar-refractivity contribution in [2.24, 2.45) is 7.05 Å². The van der Waals surface area contributed by atoms with Crippen molar-refractivity contribution >= 4 is 11.5 Å². The largest absolute Gasteiger partial charge is 0.416 e. The van der Waals surface area contributed by atoms with Gasteiger partial charge in [-0.15, -0.1) is 10.2 Å². The maximum atomic E-state index is 12.5. The SMILES string of the molecule is C/C(=C\C(=O)NCc1nncn1C)c1ccc(C(F)(F)F)cc1. The summed E-state index contributed by atoms with van der Waals surface area (Å²) >= 11 is 0. The third-order valence-corrected chi connectivity index (χ3v) is 3.24. The van der Waals surface area contributed by atoms with Crippen LogP contribution in [0.1, 0.15) is 23.9 Å². The van der Waals surface area contributed by atoms with Gasteiger partial charge in [-0.3, -0.25) is 4.79 Å². The average Bonchev–Trinajstić information content (AvgIpc) is 2.89. The number of allylic oxidation sites excluding steroid dienone is 1. The topological polar surface area (TPSA) is 59.8 Å². The molecule has 0 atom stereocenters. The van der Waals surface area contributed by atoms with E-state index in [1.54, 1.807) is 18.5 Å². The van der Waals surface area contributed by atoms with Crippen molar-refractivity contribution in [2.45, 2.75) is 19.6 Å². The summed E-state index contributed by atoms with van der Waals surface area (Å²) in [6.07, 6.45) is -1.52. The molecule has 0 saturated heterocycles. The van der Waals surface area contributed by atoms with E-state index in [-0.39, 0.29) is 12.5 Å². The second-order valence-electron chi connectivity index (χ2n) is 4.98. The number of hydrogen-bond acceptors (Lipinski definition) is 3. The third-order valence-electron chi connectivity index (χ3n) is 3.24. The molecular formula is C15H15F3N4O. The highest BCUT2D eigenvalue weighted by atomic mass is 19.4. The predicted molar refractivity (Wildman–Crippen MR) is 77.9 cm³/mol. The first-order valence-electron chi connectivity index (χ1n) is 6.74. The molecule has 2 aromatic rings. The van der Waals surface area contributed by atoms with E-state index in [4.69, 9.17) is 0 Å². The van der Waals surface area contributed by atoms with Gasteiger partial charge in [0.1, 0.15) is 6.33 Å². The zero-order valence-corrected chi connectivity index (χ0v) is 12.6. The van der Waals surface area contributed by atoms with E-state index in [1.807, 2.05) is 0 Å². The van der Waals surface area contributed by atoms with Crippen molar-refractivity contribution in [3.8, 4) is 0 Å². The van der Waals surface area contributed by atoms with E-state index in [0.717, 1.165) is 12.1 Å². The second-order valence-corrected chi connectivity index (χ2v) is 4.98. The highest BCUT2D eigenvalue weighted by molar-refractivity contribution is 5.94. The van der Waals surface area contributed by atoms with Gasteiger partial charge in [0.05, 0.1) is 12.1 Å². The Morgan fingerprint density at radius 2 is 1.96 bits per heavy atom. The van der Waals surface area contributed by atoms with Crippen molar-refractivity contribution in [1.82, 2.24) is 20.1 Å². The van der Waals surface area contributed by atoms with Gasteiger partial charge in [-0.05, 0) is 30.2 Å². The second kappa shape index (κ2) is 6.64. The van der Waals surface area contributed by atoms with Gasteiger partial charge in [0.15, 0.2) is 5.82 Å². The molecule has 0 fully saturated rings. The van der Waals surface area contributed by atoms with Gasteiger partial charge < -0.3 is 9.88 Å². The molecule has 1 heterocycles. The number of aryl methyl sites for hydroxylation is 1. The van der Waals surface area contributed by atoms with Crippen LogP contribution in [-0.4, -0.2) is 20.7 Å². The van der Waals surface area contributed by atoms with Crippen LogP contribution < -0.4 is 5.32 Å². The number of carbonyl (C=O) groups is 1. The summed E-state index contributed by atoms with van der Waals surface area (Å²) in [4.78, 5) is 11.8. The number of carbonyl (C=O) groups excluding carboxylic acids is 1. The molecule has 0 aliphatic rings. The summed E-state index contributed by atoms with van der Waals surface area (Å²) in [7, 11) is 1.75. The van der Waals surface area contributed by atoms with Crippen LogP contribution in [0, 0.1) is 0 Å². The van der Waals surface area contributed by atoms with E-state index in [2.05, 4.69) is 15.5 Å². The van der Waals surface area contributed by atoms with Crippen LogP contribution in [0.3, 0.4) is 0 Å². The van der Waals surface area contributed by atoms with E-state index >= 15 is 0 Å². The fraction of sp³-hybridized carbons (Fsp3) is 0.267. The lowest BCUT2D eigenvalue weighted by molar-refractivity contribution is -0.137. The molecule has 5 nitrogen and oxygen atoms in total. The van der Waals surface area contributed by atoms with Crippen LogP contribution in [0.4, 0.5) is 13.2 Å². The van der Waals surface area contributed by atoms with Crippen LogP contribution >= 0.6 is 0 Å². The zero-order chi connectivity index (χ0) is 17.0. The van der Waals surface area contributed by atoms with Crippen LogP contribution in [0.25, 0.3) is 5.57 Å². The molecule has 1 aromatic heterocycles. The summed E-state index contributed by atoms with van der Waals surface area (Å²) in [5.41, 5.74) is 0.391. The Morgan fingerprint density at radius 3 is 2.48 bits per heavy atom. The fourth-order valence-electron chi connectivity index (χ4n) is 1.89. The lowest BCUT2D eigenvalue weighted by atomic mass is 10.0. The molecular weight excluding hydrogens is 309 g/mol. The molecule has 0 aliphatic heterocycles. The molecule has 0 spiro atoms. The Hall–Kier alpha value is -2.64. The number of hydrogen-bond donors (Lipinski definition) is 1. The Labute approximate surface area is 130 Å². The zero-order valence-electron chi connectivity index (χ0n) is 12.6. The normalized spacial score (nSPS) is 12.3. The number of nitrogens with zero attached hydrogens (tertiary/aromatic N) is 3. The summed E-state index contributed by atoms with van der Waals surface area (Å²) < 4.78 is 39.2. The highest BCUT2D eigenvalue weighted by Gasteiger charge is 2.29. The number of rotatable bonds is 4. The van der Waals surface area contributed by atoms with Crippen LogP contribution in [0.2, 0.25) is 0 Å². The van der Waals surface area contributed by atoms with E-state index < -0.39 is 11.7 Å². The third kappa shape index (κ3) is 4.41. The maximum Gasteiger partial charge on any atom is 0.416 e. The number of nitrogens with one attached hydrogen (secondary N) is 1. The van der Waals surface area contributed by atoms with Gasteiger partial charge >= 0.3 is 6.18 Å². The smallest absolute Gasteiger partial charge is 0.345 e. The number of benzene rings is 1. The molecule has 1 N–H and O–H groups in total. The Bertz CT molecular complexity index is 717. The minimum Gasteiger partial charge on any atom is -0.345 e. The number of amides is 1. The van der Waals surface area contributed by atoms with Crippen molar-refractivity contribution in [1.29, 1.82) is 0 Å². The highest BCUT2D eigenvalue weighted by Crippen LogP contribution is 2.29. The Kier molecular flexibility index (Phi) is 4.83. The molecule has 122 valence electrons. The maximum absolute atomic E-state index is 12.5. The fourth-order valence-corrected chi connectivity index (χ4v) is 1.89. The lowest BCUT2D eigenvalue weighted by Crippen LogP contribution is -2.22. The van der Waals surface area contributed by atoms with E-state index in [0.29, 0.717) is 17.0 Å². The summed E-state index contributed by atoms with van der Waals surface area (Å²) in [6.45, 7) is 1.87. The minimum absolute atomic E-state index is 0.214. The molecule has 0 bridgehead atoms. The molecule has 8 heteroatoms. The molecule has 0 unspecified atom stereocenters. The van der Waals surface area contributed by atoms with Crippen molar-refractivity contribution in [3.63, 3.8) is 0 Å². The van der Waals surface area contributed by atoms with Gasteiger partial charge in [0.25, 0.3) is 0 Å². The average molecular weight is 324 g/mol. The van der Waals surface area contributed by atoms with E-state index in [1.165, 1.54) is 24.5 Å². The molecule has 0 aliphatic carbocycles. The summed E-state index contributed by atoms with van der Waals surface area (Å²) in [6, 6.07) is 4.66. The summed E-state index contributed by atoms with van der Waals surface area (Å²) in [5, 5.41) is 10.2. The number of halogens is 3. The molecule has 23 heavy (non-hydrogen) atoms. The lowest BCUT2D eigenvalue weighted by Gasteiger charge is -2.08. The van der Waals surface area contributed by atoms with Gasteiger partial charge in [-0.2, -0.15) is 13.2 Å². The van der Waals surface area contributed by atoms with Crippen LogP contribution in [0.15, 0.2) is 36.7 Å². The summed E-state index contributed by atoms with van der Waals surface area (Å²) in [5.74, 6) is 0.240. The van der Waals surface area contributed by atoms with Gasteiger partial charge in [-0.1, -0.05) is 12.1 Å². The number of aromatic nitrogens is 3. The quantitative estimate of drug-likeness (QED) is 0.879. The first-order valence-corrected chi connectivity index (χ1v) is 6.74. The molecule has 1 amide bonds. The molecule has 0 radical (unpaired) electrons. The molecule has 2 rings (SSSR count). The Balaban J connectivity index is 2.01. The standard InChI is InChI=1S/C15H15F3N4O/c1-10(11-3-5-12(6-4-11)15(16,17)18)7-14(23)19-8-13-21-20-9-22(13)2/h3-7,9H,8H2,1-2H3,(H,19,23)/b10-7+. The van der Waals surface area contributed by atoms with Crippen LogP contribution in [-0.2, 0) is 24.6 Å². The van der Waals surface area contributed by atoms with E-state index in [9.17, 15) is 18.0 Å². The minimum atomic E-state index is -4.37. The number of alkyl halides is 3. The predicted octanol–water partition coefficient (Wildman–Crippen LogP) is 2.55. The van der Waals surface area contributed by atoms with Crippen LogP contribution in [0.5, 0.6) is 0 Å². The van der Waals surface area contributed by atoms with Crippen molar-refractivity contribution in [3.05, 3.63) is 53.6 Å². The first kappa shape index (κ1) is 16.7. The van der Waals surface area contributed by atoms with Crippen molar-refractivity contribution < 1.29 is 18.0 Å². The van der Waals surface area contributed by atoms with Crippen molar-refractivity contribution in [2.75, 3.05) is 0 Å². The van der Waals surface area contributed by atoms with Gasteiger partial charge in [-0.25, -0.2) is 0 Å². The Morgan fingerprint density at radius 1 is 1.30 bits per heavy atom. The monoisotopic (exact) mass is 324 g/mol. The van der Waals surface area contributed by atoms with Gasteiger partial charge in [0, 0.05) is 13.1 Å². The molecule has 0 saturated carbocycles. The molecule has 1 aromatic carbocycles. The first-order chi connectivity index (χ1) is 10.8. The van der Waals surface area contributed by atoms with Gasteiger partial charge in [0.2, 0.25) is 5.91 Å².